The van der Waals surface area contributed by atoms with Crippen LogP contribution < -0.4 is 11.2 Å². The summed E-state index contributed by atoms with van der Waals surface area (Å²) >= 11 is 4.53. The van der Waals surface area contributed by atoms with Crippen LogP contribution in [0.2, 0.25) is 0 Å². The van der Waals surface area contributed by atoms with Crippen LogP contribution in [0.25, 0.3) is 11.4 Å². The maximum Gasteiger partial charge on any atom is 0.237 e. The first-order valence-electron chi connectivity index (χ1n) is 7.74. The third-order valence-corrected chi connectivity index (χ3v) is 5.37. The smallest absolute Gasteiger partial charge is 0.237 e. The van der Waals surface area contributed by atoms with E-state index in [1.807, 2.05) is 24.3 Å². The van der Waals surface area contributed by atoms with Crippen molar-refractivity contribution < 1.29 is 13.6 Å². The highest BCUT2D eigenvalue weighted by Crippen LogP contribution is 2.29. The van der Waals surface area contributed by atoms with Gasteiger partial charge in [0.25, 0.3) is 0 Å². The number of nitrogens with zero attached hydrogens (tertiary/aromatic N) is 3. The molecule has 0 aliphatic heterocycles. The van der Waals surface area contributed by atoms with Crippen molar-refractivity contribution in [1.29, 1.82) is 0 Å². The zero-order valence-corrected chi connectivity index (χ0v) is 16.4. The first kappa shape index (κ1) is 19.3. The molecule has 0 radical (unpaired) electrons. The quantitative estimate of drug-likeness (QED) is 0.452. The van der Waals surface area contributed by atoms with E-state index in [1.165, 1.54) is 10.7 Å². The van der Waals surface area contributed by atoms with Gasteiger partial charge >= 0.3 is 0 Å². The maximum absolute atomic E-state index is 13.3. The van der Waals surface area contributed by atoms with E-state index in [9.17, 15) is 13.6 Å². The molecular formula is C17H14BrF2N5OS. The summed E-state index contributed by atoms with van der Waals surface area (Å²) in [6, 6.07) is 10.6. The SMILES string of the molecule is CC(Sc1nnc(-c2ccccc2Br)n1N)C(=O)Nc1ccc(F)c(F)c1. The molecule has 0 aliphatic rings. The normalized spacial score (nSPS) is 12.0. The van der Waals surface area contributed by atoms with E-state index >= 15 is 0 Å². The van der Waals surface area contributed by atoms with Crippen LogP contribution in [-0.4, -0.2) is 26.0 Å². The molecule has 3 aromatic rings. The van der Waals surface area contributed by atoms with E-state index in [-0.39, 0.29) is 5.69 Å². The number of nitrogen functional groups attached to an aromatic ring is 1. The molecule has 3 N–H and O–H groups in total. The number of rotatable bonds is 5. The number of amides is 1. The lowest BCUT2D eigenvalue weighted by molar-refractivity contribution is -0.115. The Kier molecular flexibility index (Phi) is 5.76. The van der Waals surface area contributed by atoms with Gasteiger partial charge < -0.3 is 11.2 Å². The highest BCUT2D eigenvalue weighted by atomic mass is 79.9. The molecule has 0 bridgehead atoms. The van der Waals surface area contributed by atoms with Crippen molar-refractivity contribution in [3.8, 4) is 11.4 Å². The molecule has 1 unspecified atom stereocenters. The molecule has 1 amide bonds. The average Bonchev–Trinajstić information content (AvgIpc) is 2.99. The second kappa shape index (κ2) is 8.05. The zero-order chi connectivity index (χ0) is 19.6. The minimum absolute atomic E-state index is 0.162. The van der Waals surface area contributed by atoms with Gasteiger partial charge in [-0.05, 0) is 31.2 Å². The zero-order valence-electron chi connectivity index (χ0n) is 14.0. The van der Waals surface area contributed by atoms with Gasteiger partial charge in [-0.1, -0.05) is 39.8 Å². The van der Waals surface area contributed by atoms with E-state index in [0.717, 1.165) is 33.9 Å². The average molecular weight is 454 g/mol. The number of hydrogen-bond acceptors (Lipinski definition) is 5. The predicted octanol–water partition coefficient (Wildman–Crippen LogP) is 3.82. The first-order chi connectivity index (χ1) is 12.9. The number of benzene rings is 2. The Labute approximate surface area is 166 Å². The highest BCUT2D eigenvalue weighted by molar-refractivity contribution is 9.10. The molecule has 3 rings (SSSR count). The molecule has 140 valence electrons. The number of carbonyl (C=O) groups excluding carboxylic acids is 1. The second-order valence-corrected chi connectivity index (χ2v) is 7.70. The second-order valence-electron chi connectivity index (χ2n) is 5.53. The summed E-state index contributed by atoms with van der Waals surface area (Å²) in [5.74, 6) is 4.09. The van der Waals surface area contributed by atoms with Crippen molar-refractivity contribution in [2.24, 2.45) is 0 Å². The molecular weight excluding hydrogens is 440 g/mol. The molecule has 0 saturated carbocycles. The van der Waals surface area contributed by atoms with Gasteiger partial charge in [0.15, 0.2) is 17.5 Å². The molecule has 2 aromatic carbocycles. The largest absolute Gasteiger partial charge is 0.335 e. The number of nitrogens with two attached hydrogens (primary N) is 1. The number of halogens is 3. The van der Waals surface area contributed by atoms with Crippen molar-refractivity contribution >= 4 is 39.3 Å². The molecule has 0 spiro atoms. The van der Waals surface area contributed by atoms with Crippen LogP contribution in [0.5, 0.6) is 0 Å². The van der Waals surface area contributed by atoms with Crippen LogP contribution in [0.15, 0.2) is 52.1 Å². The Hall–Kier alpha value is -2.46. The Bertz CT molecular complexity index is 997. The summed E-state index contributed by atoms with van der Waals surface area (Å²) in [6.45, 7) is 1.65. The van der Waals surface area contributed by atoms with E-state index in [1.54, 1.807) is 6.92 Å². The van der Waals surface area contributed by atoms with E-state index in [2.05, 4.69) is 31.4 Å². The van der Waals surface area contributed by atoms with Crippen LogP contribution in [0.1, 0.15) is 6.92 Å². The van der Waals surface area contributed by atoms with Gasteiger partial charge in [0.2, 0.25) is 11.1 Å². The van der Waals surface area contributed by atoms with Crippen LogP contribution in [0.3, 0.4) is 0 Å². The van der Waals surface area contributed by atoms with Gasteiger partial charge in [0.05, 0.1) is 5.25 Å². The fourth-order valence-electron chi connectivity index (χ4n) is 2.21. The molecule has 1 atom stereocenters. The van der Waals surface area contributed by atoms with Gasteiger partial charge in [-0.3, -0.25) is 4.79 Å². The standard InChI is InChI=1S/C17H14BrF2N5OS/c1-9(16(26)22-10-6-7-13(19)14(20)8-10)27-17-24-23-15(25(17)21)11-4-2-3-5-12(11)18/h2-9H,21H2,1H3,(H,22,26). The van der Waals surface area contributed by atoms with Crippen molar-refractivity contribution in [2.45, 2.75) is 17.3 Å². The van der Waals surface area contributed by atoms with Crippen LogP contribution in [0.4, 0.5) is 14.5 Å². The van der Waals surface area contributed by atoms with E-state index in [0.29, 0.717) is 11.0 Å². The first-order valence-corrected chi connectivity index (χ1v) is 9.42. The topological polar surface area (TPSA) is 85.8 Å². The minimum Gasteiger partial charge on any atom is -0.335 e. The fourth-order valence-corrected chi connectivity index (χ4v) is 3.45. The van der Waals surface area contributed by atoms with Gasteiger partial charge in [-0.25, -0.2) is 13.5 Å². The molecule has 0 aliphatic carbocycles. The van der Waals surface area contributed by atoms with Gasteiger partial charge in [0.1, 0.15) is 0 Å². The molecule has 10 heteroatoms. The number of carbonyl (C=O) groups is 1. The number of anilines is 1. The summed E-state index contributed by atoms with van der Waals surface area (Å²) in [5, 5.41) is 10.4. The molecule has 6 nitrogen and oxygen atoms in total. The third kappa shape index (κ3) is 4.28. The summed E-state index contributed by atoms with van der Waals surface area (Å²) < 4.78 is 28.3. The molecule has 0 saturated heterocycles. The van der Waals surface area contributed by atoms with Gasteiger partial charge in [-0.15, -0.1) is 10.2 Å². The van der Waals surface area contributed by atoms with Crippen molar-refractivity contribution in [3.63, 3.8) is 0 Å². The Morgan fingerprint density at radius 1 is 1.22 bits per heavy atom. The monoisotopic (exact) mass is 453 g/mol. The number of aromatic nitrogens is 3. The van der Waals surface area contributed by atoms with Crippen molar-refractivity contribution in [3.05, 3.63) is 58.6 Å². The lowest BCUT2D eigenvalue weighted by Crippen LogP contribution is -2.23. The lowest BCUT2D eigenvalue weighted by atomic mass is 10.2. The van der Waals surface area contributed by atoms with E-state index in [4.69, 9.17) is 5.84 Å². The summed E-state index contributed by atoms with van der Waals surface area (Å²) in [4.78, 5) is 12.3. The molecule has 1 heterocycles. The molecule has 0 fully saturated rings. The van der Waals surface area contributed by atoms with Gasteiger partial charge in [0, 0.05) is 21.8 Å². The molecule has 27 heavy (non-hydrogen) atoms. The van der Waals surface area contributed by atoms with E-state index < -0.39 is 22.8 Å². The molecule has 1 aromatic heterocycles. The number of nitrogens with one attached hydrogen (secondary N) is 1. The van der Waals surface area contributed by atoms with Crippen LogP contribution in [0, 0.1) is 11.6 Å². The Balaban J connectivity index is 1.72. The highest BCUT2D eigenvalue weighted by Gasteiger charge is 2.21. The van der Waals surface area contributed by atoms with Crippen molar-refractivity contribution in [1.82, 2.24) is 14.9 Å². The summed E-state index contributed by atoms with van der Waals surface area (Å²) in [7, 11) is 0. The van der Waals surface area contributed by atoms with Crippen molar-refractivity contribution in [2.75, 3.05) is 11.2 Å². The maximum atomic E-state index is 13.3. The summed E-state index contributed by atoms with van der Waals surface area (Å²) in [5.41, 5.74) is 0.924. The number of hydrogen-bond donors (Lipinski definition) is 2. The van der Waals surface area contributed by atoms with Crippen LogP contribution in [-0.2, 0) is 4.79 Å². The third-order valence-electron chi connectivity index (χ3n) is 3.62. The Morgan fingerprint density at radius 2 is 1.96 bits per heavy atom. The predicted molar refractivity (Wildman–Crippen MR) is 104 cm³/mol. The minimum atomic E-state index is -1.03. The number of thioether (sulfide) groups is 1. The fraction of sp³-hybridized carbons (Fsp3) is 0.118. The lowest BCUT2D eigenvalue weighted by Gasteiger charge is -2.12. The van der Waals surface area contributed by atoms with Crippen LogP contribution >= 0.6 is 27.7 Å². The Morgan fingerprint density at radius 3 is 2.67 bits per heavy atom. The van der Waals surface area contributed by atoms with Gasteiger partial charge in [-0.2, -0.15) is 0 Å². The summed E-state index contributed by atoms with van der Waals surface area (Å²) in [6.07, 6.45) is 0.